The molecule has 1 aromatic carbocycles. The van der Waals surface area contributed by atoms with Crippen LogP contribution in [-0.2, 0) is 6.54 Å². The fourth-order valence-electron chi connectivity index (χ4n) is 2.28. The molecule has 4 nitrogen and oxygen atoms in total. The quantitative estimate of drug-likeness (QED) is 0.780. The Hall–Kier alpha value is -2.33. The molecule has 0 radical (unpaired) electrons. The van der Waals surface area contributed by atoms with Crippen LogP contribution in [0.25, 0.3) is 16.8 Å². The Morgan fingerprint density at radius 2 is 1.95 bits per heavy atom. The van der Waals surface area contributed by atoms with E-state index in [4.69, 9.17) is 10.5 Å². The van der Waals surface area contributed by atoms with E-state index in [0.717, 1.165) is 28.3 Å². The lowest BCUT2D eigenvalue weighted by Gasteiger charge is -2.05. The van der Waals surface area contributed by atoms with Crippen molar-refractivity contribution >= 4 is 5.52 Å². The molecule has 0 fully saturated rings. The number of rotatable bonds is 3. The third-order valence-corrected chi connectivity index (χ3v) is 3.17. The minimum absolute atomic E-state index is 0.403. The van der Waals surface area contributed by atoms with Gasteiger partial charge in [-0.05, 0) is 24.3 Å². The van der Waals surface area contributed by atoms with Gasteiger partial charge in [0.05, 0.1) is 19.2 Å². The van der Waals surface area contributed by atoms with Crippen LogP contribution in [0.1, 0.15) is 5.82 Å². The van der Waals surface area contributed by atoms with Crippen molar-refractivity contribution in [3.05, 3.63) is 54.5 Å². The third kappa shape index (κ3) is 1.86. The average Bonchev–Trinajstić information content (AvgIpc) is 2.86. The van der Waals surface area contributed by atoms with Gasteiger partial charge < -0.3 is 14.9 Å². The second-order valence-corrected chi connectivity index (χ2v) is 4.24. The van der Waals surface area contributed by atoms with Gasteiger partial charge in [-0.1, -0.05) is 18.2 Å². The van der Waals surface area contributed by atoms with Gasteiger partial charge in [-0.2, -0.15) is 0 Å². The zero-order valence-electron chi connectivity index (χ0n) is 10.7. The minimum atomic E-state index is 0.403. The monoisotopic (exact) mass is 253 g/mol. The van der Waals surface area contributed by atoms with Gasteiger partial charge in [0, 0.05) is 11.8 Å². The third-order valence-electron chi connectivity index (χ3n) is 3.17. The van der Waals surface area contributed by atoms with E-state index in [1.807, 2.05) is 53.1 Å². The Balaban J connectivity index is 2.31. The molecule has 0 unspecified atom stereocenters. The summed E-state index contributed by atoms with van der Waals surface area (Å²) in [6, 6.07) is 13.9. The highest BCUT2D eigenvalue weighted by Crippen LogP contribution is 2.32. The van der Waals surface area contributed by atoms with Crippen molar-refractivity contribution in [1.82, 2.24) is 9.38 Å². The van der Waals surface area contributed by atoms with Gasteiger partial charge in [0.1, 0.15) is 17.3 Å². The summed E-state index contributed by atoms with van der Waals surface area (Å²) in [5.74, 6) is 1.66. The van der Waals surface area contributed by atoms with Crippen LogP contribution in [0.2, 0.25) is 0 Å². The Bertz CT molecular complexity index is 718. The topological polar surface area (TPSA) is 52.5 Å². The van der Waals surface area contributed by atoms with Crippen molar-refractivity contribution < 1.29 is 4.74 Å². The van der Waals surface area contributed by atoms with E-state index in [-0.39, 0.29) is 0 Å². The molecule has 96 valence electrons. The fraction of sp³-hybridized carbons (Fsp3) is 0.133. The summed E-state index contributed by atoms with van der Waals surface area (Å²) in [7, 11) is 1.67. The maximum absolute atomic E-state index is 5.76. The van der Waals surface area contributed by atoms with Crippen molar-refractivity contribution in [3.8, 4) is 17.0 Å². The molecular formula is C15H15N3O. The minimum Gasteiger partial charge on any atom is -0.496 e. The zero-order valence-corrected chi connectivity index (χ0v) is 10.7. The molecule has 2 heterocycles. The average molecular weight is 253 g/mol. The molecule has 19 heavy (non-hydrogen) atoms. The summed E-state index contributed by atoms with van der Waals surface area (Å²) >= 11 is 0. The number of methoxy groups -OCH3 is 1. The molecule has 0 spiro atoms. The van der Waals surface area contributed by atoms with Gasteiger partial charge >= 0.3 is 0 Å². The summed E-state index contributed by atoms with van der Waals surface area (Å²) in [5.41, 5.74) is 8.68. The van der Waals surface area contributed by atoms with Crippen LogP contribution in [0.3, 0.4) is 0 Å². The van der Waals surface area contributed by atoms with Crippen molar-refractivity contribution in [3.63, 3.8) is 0 Å². The number of nitrogens with zero attached hydrogens (tertiary/aromatic N) is 2. The Morgan fingerprint density at radius 1 is 1.16 bits per heavy atom. The van der Waals surface area contributed by atoms with Crippen LogP contribution in [0.4, 0.5) is 0 Å². The number of para-hydroxylation sites is 1. The van der Waals surface area contributed by atoms with Gasteiger partial charge in [0.25, 0.3) is 0 Å². The zero-order chi connectivity index (χ0) is 13.2. The highest BCUT2D eigenvalue weighted by Gasteiger charge is 2.14. The van der Waals surface area contributed by atoms with Crippen LogP contribution in [0.15, 0.2) is 48.7 Å². The smallest absolute Gasteiger partial charge is 0.128 e. The van der Waals surface area contributed by atoms with E-state index in [0.29, 0.717) is 6.54 Å². The van der Waals surface area contributed by atoms with Gasteiger partial charge in [-0.15, -0.1) is 0 Å². The molecule has 3 aromatic rings. The number of hydrogen-bond donors (Lipinski definition) is 1. The summed E-state index contributed by atoms with van der Waals surface area (Å²) in [4.78, 5) is 4.64. The molecule has 2 aromatic heterocycles. The summed E-state index contributed by atoms with van der Waals surface area (Å²) in [6.45, 7) is 0.403. The Kier molecular flexibility index (Phi) is 2.93. The van der Waals surface area contributed by atoms with Crippen LogP contribution < -0.4 is 10.5 Å². The number of aromatic nitrogens is 2. The first-order valence-corrected chi connectivity index (χ1v) is 6.14. The second-order valence-electron chi connectivity index (χ2n) is 4.24. The number of benzene rings is 1. The van der Waals surface area contributed by atoms with Gasteiger partial charge in [0.15, 0.2) is 0 Å². The Labute approximate surface area is 111 Å². The molecule has 0 saturated carbocycles. The molecule has 0 aliphatic carbocycles. The summed E-state index contributed by atoms with van der Waals surface area (Å²) in [6.07, 6.45) is 1.98. The van der Waals surface area contributed by atoms with Crippen LogP contribution in [0, 0.1) is 0 Å². The van der Waals surface area contributed by atoms with E-state index >= 15 is 0 Å². The fourth-order valence-corrected chi connectivity index (χ4v) is 2.28. The molecule has 2 N–H and O–H groups in total. The van der Waals surface area contributed by atoms with Crippen LogP contribution in [0.5, 0.6) is 5.75 Å². The molecule has 0 saturated heterocycles. The van der Waals surface area contributed by atoms with E-state index in [1.165, 1.54) is 0 Å². The molecule has 3 rings (SSSR count). The van der Waals surface area contributed by atoms with Gasteiger partial charge in [-0.25, -0.2) is 4.98 Å². The summed E-state index contributed by atoms with van der Waals surface area (Å²) in [5, 5.41) is 0. The van der Waals surface area contributed by atoms with Crippen molar-refractivity contribution in [1.29, 1.82) is 0 Å². The molecule has 0 bridgehead atoms. The molecule has 0 amide bonds. The van der Waals surface area contributed by atoms with Gasteiger partial charge in [0.2, 0.25) is 0 Å². The van der Waals surface area contributed by atoms with E-state index in [9.17, 15) is 0 Å². The lowest BCUT2D eigenvalue weighted by atomic mass is 10.1. The second kappa shape index (κ2) is 4.74. The van der Waals surface area contributed by atoms with Gasteiger partial charge in [-0.3, -0.25) is 0 Å². The van der Waals surface area contributed by atoms with E-state index in [1.54, 1.807) is 7.11 Å². The largest absolute Gasteiger partial charge is 0.496 e. The van der Waals surface area contributed by atoms with E-state index < -0.39 is 0 Å². The molecule has 4 heteroatoms. The number of imidazole rings is 1. The number of fused-ring (bicyclic) bond motifs is 1. The number of ether oxygens (including phenoxy) is 1. The maximum atomic E-state index is 5.76. The lowest BCUT2D eigenvalue weighted by molar-refractivity contribution is 0.416. The first kappa shape index (κ1) is 11.7. The predicted octanol–water partition coefficient (Wildman–Crippen LogP) is 2.47. The predicted molar refractivity (Wildman–Crippen MR) is 75.1 cm³/mol. The van der Waals surface area contributed by atoms with Crippen molar-refractivity contribution in [2.45, 2.75) is 6.54 Å². The lowest BCUT2D eigenvalue weighted by Crippen LogP contribution is -2.01. The molecule has 0 aliphatic heterocycles. The molecular weight excluding hydrogens is 238 g/mol. The highest BCUT2D eigenvalue weighted by molar-refractivity contribution is 5.81. The van der Waals surface area contributed by atoms with Crippen molar-refractivity contribution in [2.75, 3.05) is 7.11 Å². The highest BCUT2D eigenvalue weighted by atomic mass is 16.5. The summed E-state index contributed by atoms with van der Waals surface area (Å²) < 4.78 is 7.43. The number of hydrogen-bond acceptors (Lipinski definition) is 3. The number of nitrogens with two attached hydrogens (primary N) is 1. The van der Waals surface area contributed by atoms with Crippen LogP contribution in [-0.4, -0.2) is 16.5 Å². The normalized spacial score (nSPS) is 10.8. The van der Waals surface area contributed by atoms with E-state index in [2.05, 4.69) is 4.98 Å². The van der Waals surface area contributed by atoms with Crippen molar-refractivity contribution in [2.24, 2.45) is 5.73 Å². The number of pyridine rings is 1. The molecule has 0 aliphatic rings. The SMILES string of the molecule is COc1ccccc1-c1nc(CN)n2ccccc12. The first-order chi connectivity index (χ1) is 9.35. The maximum Gasteiger partial charge on any atom is 0.128 e. The molecule has 0 atom stereocenters. The standard InChI is InChI=1S/C15H15N3O/c1-19-13-8-3-2-6-11(13)15-12-7-4-5-9-18(12)14(10-16)17-15/h2-9H,10,16H2,1H3. The first-order valence-electron chi connectivity index (χ1n) is 6.14. The Morgan fingerprint density at radius 3 is 2.74 bits per heavy atom. The van der Waals surface area contributed by atoms with Crippen LogP contribution >= 0.6 is 0 Å².